The van der Waals surface area contributed by atoms with E-state index in [4.69, 9.17) is 5.11 Å². The second-order valence-electron chi connectivity index (χ2n) is 5.31. The first-order valence-corrected chi connectivity index (χ1v) is 6.74. The van der Waals surface area contributed by atoms with E-state index in [0.717, 1.165) is 0 Å². The smallest absolute Gasteiger partial charge is 0.328 e. The van der Waals surface area contributed by atoms with Crippen molar-refractivity contribution >= 4 is 17.5 Å². The van der Waals surface area contributed by atoms with Gasteiger partial charge in [0.2, 0.25) is 0 Å². The molecule has 0 saturated carbocycles. The molecule has 1 aromatic carbocycles. The molecule has 0 aromatic heterocycles. The molecular weight excluding hydrogens is 254 g/mol. The van der Waals surface area contributed by atoms with E-state index in [0.29, 0.717) is 17.7 Å². The van der Waals surface area contributed by atoms with Gasteiger partial charge in [0.15, 0.2) is 5.78 Å². The van der Waals surface area contributed by atoms with Gasteiger partial charge in [-0.2, -0.15) is 0 Å². The number of carboxylic acid groups (broad SMARTS) is 1. The van der Waals surface area contributed by atoms with E-state index in [1.807, 2.05) is 19.9 Å². The molecular formula is C16H21NO3. The average molecular weight is 275 g/mol. The summed E-state index contributed by atoms with van der Waals surface area (Å²) in [6.07, 6.45) is 0.637. The summed E-state index contributed by atoms with van der Waals surface area (Å²) in [6.45, 7) is 5.61. The SMILES string of the molecule is CC(CC(=O)c1ccccc1)=N[C@@H](CC(C)C)C(=O)O. The number of hydrogen-bond donors (Lipinski definition) is 1. The maximum Gasteiger partial charge on any atom is 0.328 e. The van der Waals surface area contributed by atoms with Crippen LogP contribution in [0.2, 0.25) is 0 Å². The quantitative estimate of drug-likeness (QED) is 0.613. The number of aliphatic carboxylic acids is 1. The minimum atomic E-state index is -0.940. The van der Waals surface area contributed by atoms with Crippen LogP contribution in [0.3, 0.4) is 0 Å². The van der Waals surface area contributed by atoms with E-state index < -0.39 is 12.0 Å². The summed E-state index contributed by atoms with van der Waals surface area (Å²) in [5.41, 5.74) is 1.18. The lowest BCUT2D eigenvalue weighted by Crippen LogP contribution is -2.22. The number of carboxylic acids is 1. The zero-order valence-electron chi connectivity index (χ0n) is 12.2. The predicted molar refractivity (Wildman–Crippen MR) is 79.4 cm³/mol. The topological polar surface area (TPSA) is 66.7 Å². The molecule has 0 radical (unpaired) electrons. The van der Waals surface area contributed by atoms with Crippen molar-refractivity contribution in [2.24, 2.45) is 10.9 Å². The number of ketones is 1. The van der Waals surface area contributed by atoms with Gasteiger partial charge < -0.3 is 5.11 Å². The highest BCUT2D eigenvalue weighted by Gasteiger charge is 2.18. The minimum absolute atomic E-state index is 0.0412. The van der Waals surface area contributed by atoms with E-state index in [2.05, 4.69) is 4.99 Å². The molecule has 0 spiro atoms. The molecule has 1 atom stereocenters. The van der Waals surface area contributed by atoms with Gasteiger partial charge in [-0.15, -0.1) is 0 Å². The Hall–Kier alpha value is -1.97. The molecule has 0 unspecified atom stereocenters. The van der Waals surface area contributed by atoms with E-state index >= 15 is 0 Å². The number of carbonyl (C=O) groups is 2. The number of carbonyl (C=O) groups excluding carboxylic acids is 1. The van der Waals surface area contributed by atoms with E-state index in [1.54, 1.807) is 31.2 Å². The highest BCUT2D eigenvalue weighted by Crippen LogP contribution is 2.11. The second kappa shape index (κ2) is 7.58. The largest absolute Gasteiger partial charge is 0.480 e. The fraction of sp³-hybridized carbons (Fsp3) is 0.438. The van der Waals surface area contributed by atoms with Crippen LogP contribution >= 0.6 is 0 Å². The Balaban J connectivity index is 2.73. The van der Waals surface area contributed by atoms with Crippen LogP contribution in [0.1, 0.15) is 44.0 Å². The molecule has 1 N–H and O–H groups in total. The van der Waals surface area contributed by atoms with Crippen molar-refractivity contribution in [2.75, 3.05) is 0 Å². The molecule has 0 heterocycles. The van der Waals surface area contributed by atoms with Gasteiger partial charge in [0.1, 0.15) is 6.04 Å². The number of aliphatic imine (C=N–C) groups is 1. The van der Waals surface area contributed by atoms with Gasteiger partial charge in [-0.1, -0.05) is 44.2 Å². The van der Waals surface area contributed by atoms with Gasteiger partial charge in [0.05, 0.1) is 0 Å². The molecule has 0 fully saturated rings. The van der Waals surface area contributed by atoms with Crippen molar-refractivity contribution in [1.82, 2.24) is 0 Å². The van der Waals surface area contributed by atoms with Crippen LogP contribution in [-0.2, 0) is 4.79 Å². The summed E-state index contributed by atoms with van der Waals surface area (Å²) in [4.78, 5) is 27.3. The first-order chi connectivity index (χ1) is 9.40. The number of hydrogen-bond acceptors (Lipinski definition) is 3. The Kier molecular flexibility index (Phi) is 6.10. The molecule has 0 aliphatic heterocycles. The van der Waals surface area contributed by atoms with Crippen molar-refractivity contribution in [1.29, 1.82) is 0 Å². The van der Waals surface area contributed by atoms with Crippen molar-refractivity contribution in [3.05, 3.63) is 35.9 Å². The summed E-state index contributed by atoms with van der Waals surface area (Å²) in [5, 5.41) is 9.13. The summed E-state index contributed by atoms with van der Waals surface area (Å²) in [7, 11) is 0. The Morgan fingerprint density at radius 3 is 2.30 bits per heavy atom. The predicted octanol–water partition coefficient (Wildman–Crippen LogP) is 3.22. The standard InChI is InChI=1S/C16H21NO3/c1-11(2)9-14(16(19)20)17-12(3)10-15(18)13-7-5-4-6-8-13/h4-8,11,14H,9-10H2,1-3H3,(H,19,20)/t14-/m0/s1. The second-order valence-corrected chi connectivity index (χ2v) is 5.31. The fourth-order valence-electron chi connectivity index (χ4n) is 1.93. The van der Waals surface area contributed by atoms with E-state index in [-0.39, 0.29) is 18.1 Å². The maximum atomic E-state index is 12.0. The molecule has 108 valence electrons. The minimum Gasteiger partial charge on any atom is -0.480 e. The highest BCUT2D eigenvalue weighted by molar-refractivity contribution is 6.09. The third-order valence-corrected chi connectivity index (χ3v) is 2.87. The highest BCUT2D eigenvalue weighted by atomic mass is 16.4. The molecule has 20 heavy (non-hydrogen) atoms. The maximum absolute atomic E-state index is 12.0. The zero-order valence-corrected chi connectivity index (χ0v) is 12.2. The Morgan fingerprint density at radius 1 is 1.20 bits per heavy atom. The van der Waals surface area contributed by atoms with Crippen LogP contribution in [0.25, 0.3) is 0 Å². The first kappa shape index (κ1) is 16.1. The molecule has 0 aliphatic carbocycles. The average Bonchev–Trinajstić information content (AvgIpc) is 2.38. The van der Waals surface area contributed by atoms with Gasteiger partial charge in [0, 0.05) is 17.7 Å². The lowest BCUT2D eigenvalue weighted by atomic mass is 10.0. The van der Waals surface area contributed by atoms with Gasteiger partial charge >= 0.3 is 5.97 Å². The van der Waals surface area contributed by atoms with Crippen molar-refractivity contribution in [3.63, 3.8) is 0 Å². The van der Waals surface area contributed by atoms with Crippen molar-refractivity contribution in [3.8, 4) is 0 Å². The molecule has 0 bridgehead atoms. The van der Waals surface area contributed by atoms with Crippen LogP contribution in [0.15, 0.2) is 35.3 Å². The number of Topliss-reactive ketones (excluding diaryl/α,β-unsaturated/α-hetero) is 1. The van der Waals surface area contributed by atoms with Crippen molar-refractivity contribution < 1.29 is 14.7 Å². The monoisotopic (exact) mass is 275 g/mol. The number of nitrogens with zero attached hydrogens (tertiary/aromatic N) is 1. The number of benzene rings is 1. The Labute approximate surface area is 119 Å². The normalized spacial score (nSPS) is 13.3. The van der Waals surface area contributed by atoms with E-state index in [9.17, 15) is 9.59 Å². The van der Waals surface area contributed by atoms with Crippen LogP contribution in [0, 0.1) is 5.92 Å². The lowest BCUT2D eigenvalue weighted by Gasteiger charge is -2.11. The summed E-state index contributed by atoms with van der Waals surface area (Å²) in [6, 6.07) is 8.19. The summed E-state index contributed by atoms with van der Waals surface area (Å²) < 4.78 is 0. The zero-order chi connectivity index (χ0) is 15.1. The molecule has 4 heteroatoms. The molecule has 0 saturated heterocycles. The fourth-order valence-corrected chi connectivity index (χ4v) is 1.93. The molecule has 0 amide bonds. The number of rotatable bonds is 7. The molecule has 1 aromatic rings. The van der Waals surface area contributed by atoms with Gasteiger partial charge in [-0.05, 0) is 19.3 Å². The Bertz CT molecular complexity index is 492. The van der Waals surface area contributed by atoms with Crippen molar-refractivity contribution in [2.45, 2.75) is 39.7 Å². The third-order valence-electron chi connectivity index (χ3n) is 2.87. The van der Waals surface area contributed by atoms with Crippen LogP contribution in [0.4, 0.5) is 0 Å². The summed E-state index contributed by atoms with van der Waals surface area (Å²) in [5.74, 6) is -0.733. The van der Waals surface area contributed by atoms with Gasteiger partial charge in [-0.3, -0.25) is 9.79 Å². The van der Waals surface area contributed by atoms with Gasteiger partial charge in [-0.25, -0.2) is 4.79 Å². The summed E-state index contributed by atoms with van der Waals surface area (Å²) >= 11 is 0. The third kappa shape index (κ3) is 5.34. The van der Waals surface area contributed by atoms with E-state index in [1.165, 1.54) is 0 Å². The first-order valence-electron chi connectivity index (χ1n) is 6.74. The molecule has 4 nitrogen and oxygen atoms in total. The van der Waals surface area contributed by atoms with Crippen LogP contribution < -0.4 is 0 Å². The van der Waals surface area contributed by atoms with Crippen LogP contribution in [0.5, 0.6) is 0 Å². The lowest BCUT2D eigenvalue weighted by molar-refractivity contribution is -0.138. The molecule has 1 rings (SSSR count). The molecule has 0 aliphatic rings. The van der Waals surface area contributed by atoms with Crippen LogP contribution in [-0.4, -0.2) is 28.6 Å². The van der Waals surface area contributed by atoms with Gasteiger partial charge in [0.25, 0.3) is 0 Å². The Morgan fingerprint density at radius 2 is 1.80 bits per heavy atom.